The monoisotopic (exact) mass is 238 g/mol. The molecule has 0 aromatic rings. The summed E-state index contributed by atoms with van der Waals surface area (Å²) in [6, 6.07) is 0. The number of thiocarbonyl (C=S) groups is 1. The fourth-order valence-electron chi connectivity index (χ4n) is 1.24. The van der Waals surface area contributed by atoms with E-state index in [1.54, 1.807) is 6.92 Å². The highest BCUT2D eigenvalue weighted by Gasteiger charge is 2.19. The first-order chi connectivity index (χ1) is 7.65. The highest BCUT2D eigenvalue weighted by Crippen LogP contribution is 2.07. The van der Waals surface area contributed by atoms with Crippen LogP contribution in [0.15, 0.2) is 11.3 Å². The molecule has 0 aromatic heterocycles. The highest BCUT2D eigenvalue weighted by atomic mass is 32.1. The summed E-state index contributed by atoms with van der Waals surface area (Å²) in [5.74, 6) is 2.17. The Morgan fingerprint density at radius 2 is 2.44 bits per heavy atom. The zero-order valence-electron chi connectivity index (χ0n) is 9.13. The third-order valence-electron chi connectivity index (χ3n) is 2.12. The molecule has 1 heterocycles. The molecule has 5 heteroatoms. The quantitative estimate of drug-likeness (QED) is 0.327. The van der Waals surface area contributed by atoms with E-state index < -0.39 is 0 Å². The number of hydrogen-bond acceptors (Lipinski definition) is 3. The Balaban J connectivity index is 2.45. The average molecular weight is 238 g/mol. The second-order valence-electron chi connectivity index (χ2n) is 3.35. The first-order valence-corrected chi connectivity index (χ1v) is 5.41. The van der Waals surface area contributed by atoms with Crippen LogP contribution in [0.1, 0.15) is 19.8 Å². The summed E-state index contributed by atoms with van der Waals surface area (Å²) < 4.78 is 5.07. The van der Waals surface area contributed by atoms with E-state index in [-0.39, 0.29) is 5.97 Å². The van der Waals surface area contributed by atoms with Crippen LogP contribution in [0.3, 0.4) is 0 Å². The topological polar surface area (TPSA) is 50.4 Å². The molecule has 1 aliphatic rings. The van der Waals surface area contributed by atoms with Crippen LogP contribution in [0.25, 0.3) is 0 Å². The number of ether oxygens (including phenoxy) is 1. The van der Waals surface area contributed by atoms with Crippen LogP contribution in [-0.4, -0.2) is 24.2 Å². The van der Waals surface area contributed by atoms with Crippen LogP contribution in [0.2, 0.25) is 0 Å². The van der Waals surface area contributed by atoms with Crippen LogP contribution in [0.4, 0.5) is 0 Å². The summed E-state index contributed by atoms with van der Waals surface area (Å²) in [4.78, 5) is 11.6. The van der Waals surface area contributed by atoms with Crippen LogP contribution in [0.5, 0.6) is 0 Å². The number of rotatable bonds is 4. The minimum absolute atomic E-state index is 0.322. The summed E-state index contributed by atoms with van der Waals surface area (Å²) in [7, 11) is 0. The average Bonchev–Trinajstić information content (AvgIpc) is 2.24. The minimum Gasteiger partial charge on any atom is -0.462 e. The number of carbonyl (C=O) groups is 1. The van der Waals surface area contributed by atoms with Gasteiger partial charge >= 0.3 is 5.97 Å². The second-order valence-corrected chi connectivity index (χ2v) is 3.76. The lowest BCUT2D eigenvalue weighted by Gasteiger charge is -2.20. The molecular formula is C11H14N2O2S. The maximum absolute atomic E-state index is 11.6. The third kappa shape index (κ3) is 3.55. The lowest BCUT2D eigenvalue weighted by atomic mass is 10.2. The van der Waals surface area contributed by atoms with Crippen LogP contribution in [-0.2, 0) is 9.53 Å². The van der Waals surface area contributed by atoms with E-state index in [9.17, 15) is 4.79 Å². The van der Waals surface area contributed by atoms with Crippen molar-refractivity contribution in [2.24, 2.45) is 0 Å². The normalized spacial score (nSPS) is 14.9. The van der Waals surface area contributed by atoms with E-state index in [0.29, 0.717) is 36.7 Å². The lowest BCUT2D eigenvalue weighted by molar-refractivity contribution is -0.139. The molecule has 86 valence electrons. The van der Waals surface area contributed by atoms with Gasteiger partial charge in [0.2, 0.25) is 0 Å². The zero-order valence-corrected chi connectivity index (χ0v) is 9.95. The van der Waals surface area contributed by atoms with Crippen molar-refractivity contribution in [3.63, 3.8) is 0 Å². The molecular weight excluding hydrogens is 224 g/mol. The summed E-state index contributed by atoms with van der Waals surface area (Å²) in [5.41, 5.74) is 1.32. The van der Waals surface area contributed by atoms with E-state index in [1.807, 2.05) is 0 Å². The molecule has 0 aromatic carbocycles. The summed E-state index contributed by atoms with van der Waals surface area (Å²) >= 11 is 4.91. The number of hydrogen-bond donors (Lipinski definition) is 2. The minimum atomic E-state index is -0.322. The Kier molecular flexibility index (Phi) is 4.80. The van der Waals surface area contributed by atoms with Gasteiger partial charge in [0.1, 0.15) is 0 Å². The van der Waals surface area contributed by atoms with Crippen molar-refractivity contribution in [1.29, 1.82) is 0 Å². The molecule has 0 fully saturated rings. The van der Waals surface area contributed by atoms with Crippen molar-refractivity contribution in [2.45, 2.75) is 19.8 Å². The van der Waals surface area contributed by atoms with Gasteiger partial charge in [-0.05, 0) is 25.6 Å². The van der Waals surface area contributed by atoms with Gasteiger partial charge < -0.3 is 15.4 Å². The molecule has 1 aliphatic heterocycles. The Morgan fingerprint density at radius 1 is 1.69 bits per heavy atom. The van der Waals surface area contributed by atoms with Gasteiger partial charge in [-0.3, -0.25) is 0 Å². The van der Waals surface area contributed by atoms with Crippen molar-refractivity contribution in [1.82, 2.24) is 10.6 Å². The van der Waals surface area contributed by atoms with E-state index >= 15 is 0 Å². The predicted octanol–water partition coefficient (Wildman–Crippen LogP) is 0.695. The molecule has 0 amide bonds. The molecule has 0 saturated carbocycles. The van der Waals surface area contributed by atoms with Gasteiger partial charge in [-0.25, -0.2) is 4.79 Å². The van der Waals surface area contributed by atoms with Gasteiger partial charge in [-0.15, -0.1) is 12.3 Å². The number of terminal acetylenes is 1. The molecule has 0 aliphatic carbocycles. The molecule has 0 atom stereocenters. The molecule has 2 N–H and O–H groups in total. The first-order valence-electron chi connectivity index (χ1n) is 5.00. The standard InChI is InChI=1S/C11H14N2O2S/c1-3-4-5-6-15-10(14)9-7-12-11(16)13-8(9)2/h1H,4-7H2,2H3,(H2,12,13,16). The van der Waals surface area contributed by atoms with E-state index in [1.165, 1.54) is 0 Å². The number of esters is 1. The predicted molar refractivity (Wildman–Crippen MR) is 65.5 cm³/mol. The Labute approximate surface area is 100 Å². The van der Waals surface area contributed by atoms with E-state index in [0.717, 1.165) is 5.70 Å². The van der Waals surface area contributed by atoms with E-state index in [2.05, 4.69) is 16.6 Å². The zero-order chi connectivity index (χ0) is 12.0. The molecule has 0 unspecified atom stereocenters. The molecule has 16 heavy (non-hydrogen) atoms. The van der Waals surface area contributed by atoms with Crippen LogP contribution >= 0.6 is 12.2 Å². The van der Waals surface area contributed by atoms with Gasteiger partial charge in [-0.2, -0.15) is 0 Å². The Morgan fingerprint density at radius 3 is 3.06 bits per heavy atom. The summed E-state index contributed by atoms with van der Waals surface area (Å²) in [6.07, 6.45) is 6.40. The van der Waals surface area contributed by atoms with Gasteiger partial charge in [0.05, 0.1) is 18.7 Å². The fourth-order valence-corrected chi connectivity index (χ4v) is 1.47. The smallest absolute Gasteiger partial charge is 0.337 e. The van der Waals surface area contributed by atoms with Crippen molar-refractivity contribution in [3.05, 3.63) is 11.3 Å². The number of nitrogens with one attached hydrogen (secondary N) is 2. The molecule has 4 nitrogen and oxygen atoms in total. The van der Waals surface area contributed by atoms with Crippen molar-refractivity contribution in [3.8, 4) is 12.3 Å². The van der Waals surface area contributed by atoms with Crippen molar-refractivity contribution >= 4 is 23.3 Å². The first kappa shape index (κ1) is 12.5. The van der Waals surface area contributed by atoms with Gasteiger partial charge in [0.15, 0.2) is 5.11 Å². The fraction of sp³-hybridized carbons (Fsp3) is 0.455. The summed E-state index contributed by atoms with van der Waals surface area (Å²) in [6.45, 7) is 2.56. The molecule has 0 bridgehead atoms. The summed E-state index contributed by atoms with van der Waals surface area (Å²) in [5, 5.41) is 6.28. The molecule has 0 radical (unpaired) electrons. The highest BCUT2D eigenvalue weighted by molar-refractivity contribution is 7.80. The van der Waals surface area contributed by atoms with Crippen molar-refractivity contribution in [2.75, 3.05) is 13.2 Å². The van der Waals surface area contributed by atoms with Crippen LogP contribution in [0, 0.1) is 12.3 Å². The number of carbonyl (C=O) groups excluding carboxylic acids is 1. The van der Waals surface area contributed by atoms with Gasteiger partial charge in [0.25, 0.3) is 0 Å². The number of unbranched alkanes of at least 4 members (excludes halogenated alkanes) is 1. The van der Waals surface area contributed by atoms with Crippen molar-refractivity contribution < 1.29 is 9.53 Å². The second kappa shape index (κ2) is 6.13. The maximum atomic E-state index is 11.6. The van der Waals surface area contributed by atoms with E-state index in [4.69, 9.17) is 23.4 Å². The Hall–Kier alpha value is -1.54. The molecule has 1 rings (SSSR count). The van der Waals surface area contributed by atoms with Gasteiger partial charge in [0, 0.05) is 12.1 Å². The number of allylic oxidation sites excluding steroid dienone is 1. The Bertz CT molecular complexity index is 369. The molecule has 0 spiro atoms. The lowest BCUT2D eigenvalue weighted by Crippen LogP contribution is -2.42. The SMILES string of the molecule is C#CCCCOC(=O)C1=C(C)NC(=S)NC1. The maximum Gasteiger partial charge on any atom is 0.337 e. The van der Waals surface area contributed by atoms with Crippen LogP contribution < -0.4 is 10.6 Å². The third-order valence-corrected chi connectivity index (χ3v) is 2.37. The largest absolute Gasteiger partial charge is 0.462 e. The van der Waals surface area contributed by atoms with Gasteiger partial charge in [-0.1, -0.05) is 0 Å². The molecule has 0 saturated heterocycles.